The molecule has 0 spiro atoms. The van der Waals surface area contributed by atoms with Crippen LogP contribution in [0.5, 0.6) is 0 Å². The first-order valence-electron chi connectivity index (χ1n) is 9.54. The van der Waals surface area contributed by atoms with E-state index >= 15 is 0 Å². The van der Waals surface area contributed by atoms with E-state index in [-0.39, 0.29) is 24.1 Å². The minimum Gasteiger partial charge on any atom is -0.348 e. The quantitative estimate of drug-likeness (QED) is 0.402. The second-order valence-electron chi connectivity index (χ2n) is 6.93. The van der Waals surface area contributed by atoms with Crippen molar-refractivity contribution in [1.82, 2.24) is 10.3 Å². The number of aromatic nitrogens is 1. The van der Waals surface area contributed by atoms with Gasteiger partial charge in [-0.2, -0.15) is 0 Å². The summed E-state index contributed by atoms with van der Waals surface area (Å²) in [7, 11) is 0. The topological polar surface area (TPSA) is 42.0 Å². The molecule has 0 aliphatic rings. The van der Waals surface area contributed by atoms with Gasteiger partial charge in [-0.3, -0.25) is 9.78 Å². The number of nitrogens with one attached hydrogen (secondary N) is 1. The van der Waals surface area contributed by atoms with Crippen molar-refractivity contribution >= 4 is 17.5 Å². The predicted octanol–water partition coefficient (Wildman–Crippen LogP) is 6.28. The van der Waals surface area contributed by atoms with Crippen LogP contribution in [0.4, 0.5) is 8.78 Å². The van der Waals surface area contributed by atoms with Crippen molar-refractivity contribution in [3.05, 3.63) is 113 Å². The van der Waals surface area contributed by atoms with Gasteiger partial charge < -0.3 is 5.32 Å². The monoisotopic (exact) mass is 434 g/mol. The Labute approximate surface area is 183 Å². The molecular formula is C25H17ClF2N2O. The third kappa shape index (κ3) is 4.95. The van der Waals surface area contributed by atoms with E-state index in [1.54, 1.807) is 42.5 Å². The maximum absolute atomic E-state index is 13.1. The molecule has 0 atom stereocenters. The van der Waals surface area contributed by atoms with Crippen molar-refractivity contribution in [1.29, 1.82) is 0 Å². The SMILES string of the molecule is O=C(NCc1ccc(-c2ccc(F)cc2)cc1Cl)c1ccc(-c2ccc(F)cc2)nc1. The van der Waals surface area contributed by atoms with Gasteiger partial charge in [-0.25, -0.2) is 8.78 Å². The summed E-state index contributed by atoms with van der Waals surface area (Å²) in [5.74, 6) is -0.893. The molecule has 1 N–H and O–H groups in total. The van der Waals surface area contributed by atoms with Crippen molar-refractivity contribution in [2.75, 3.05) is 0 Å². The molecule has 0 radical (unpaired) electrons. The molecule has 0 aliphatic carbocycles. The number of carbonyl (C=O) groups excluding carboxylic acids is 1. The van der Waals surface area contributed by atoms with Crippen LogP contribution in [0.3, 0.4) is 0 Å². The second kappa shape index (κ2) is 9.06. The summed E-state index contributed by atoms with van der Waals surface area (Å²) >= 11 is 6.38. The van der Waals surface area contributed by atoms with E-state index in [2.05, 4.69) is 10.3 Å². The van der Waals surface area contributed by atoms with Gasteiger partial charge >= 0.3 is 0 Å². The number of nitrogens with zero attached hydrogens (tertiary/aromatic N) is 1. The highest BCUT2D eigenvalue weighted by atomic mass is 35.5. The van der Waals surface area contributed by atoms with Crippen LogP contribution in [0, 0.1) is 11.6 Å². The molecule has 3 nitrogen and oxygen atoms in total. The maximum atomic E-state index is 13.1. The fraction of sp³-hybridized carbons (Fsp3) is 0.0400. The number of amides is 1. The summed E-state index contributed by atoms with van der Waals surface area (Å²) in [5, 5.41) is 3.33. The number of carbonyl (C=O) groups is 1. The Morgan fingerprint density at radius 3 is 2.00 bits per heavy atom. The first-order chi connectivity index (χ1) is 15.0. The van der Waals surface area contributed by atoms with Crippen LogP contribution in [0.25, 0.3) is 22.4 Å². The van der Waals surface area contributed by atoms with Crippen LogP contribution in [-0.4, -0.2) is 10.9 Å². The van der Waals surface area contributed by atoms with Crippen LogP contribution in [-0.2, 0) is 6.54 Å². The average molecular weight is 435 g/mol. The Kier molecular flexibility index (Phi) is 6.05. The zero-order chi connectivity index (χ0) is 21.8. The molecular weight excluding hydrogens is 418 g/mol. The molecule has 0 saturated carbocycles. The third-order valence-electron chi connectivity index (χ3n) is 4.84. The van der Waals surface area contributed by atoms with Crippen LogP contribution in [0.15, 0.2) is 85.1 Å². The van der Waals surface area contributed by atoms with E-state index in [0.717, 1.165) is 22.3 Å². The average Bonchev–Trinajstić information content (AvgIpc) is 2.79. The van der Waals surface area contributed by atoms with Crippen molar-refractivity contribution in [2.45, 2.75) is 6.54 Å². The Hall–Kier alpha value is -3.57. The molecule has 0 unspecified atom stereocenters. The summed E-state index contributed by atoms with van der Waals surface area (Å²) in [4.78, 5) is 16.8. The van der Waals surface area contributed by atoms with E-state index < -0.39 is 0 Å². The van der Waals surface area contributed by atoms with Crippen LogP contribution >= 0.6 is 11.6 Å². The molecule has 4 aromatic rings. The number of pyridine rings is 1. The van der Waals surface area contributed by atoms with Gasteiger partial charge in [0.05, 0.1) is 11.3 Å². The molecule has 4 rings (SSSR count). The minimum absolute atomic E-state index is 0.251. The summed E-state index contributed by atoms with van der Waals surface area (Å²) in [6, 6.07) is 21.0. The fourth-order valence-electron chi connectivity index (χ4n) is 3.11. The van der Waals surface area contributed by atoms with Crippen LogP contribution < -0.4 is 5.32 Å². The molecule has 0 aliphatic heterocycles. The molecule has 154 valence electrons. The fourth-order valence-corrected chi connectivity index (χ4v) is 3.36. The van der Waals surface area contributed by atoms with Crippen molar-refractivity contribution in [3.63, 3.8) is 0 Å². The van der Waals surface area contributed by atoms with Gasteiger partial charge in [0.15, 0.2) is 0 Å². The minimum atomic E-state index is -0.316. The first-order valence-corrected chi connectivity index (χ1v) is 9.92. The third-order valence-corrected chi connectivity index (χ3v) is 5.19. The van der Waals surface area contributed by atoms with Crippen molar-refractivity contribution in [3.8, 4) is 22.4 Å². The summed E-state index contributed by atoms with van der Waals surface area (Å²) in [6.07, 6.45) is 1.48. The van der Waals surface area contributed by atoms with Crippen LogP contribution in [0.1, 0.15) is 15.9 Å². The molecule has 0 bridgehead atoms. The summed E-state index contributed by atoms with van der Waals surface area (Å²) in [5.41, 5.74) is 4.30. The highest BCUT2D eigenvalue weighted by Crippen LogP contribution is 2.26. The van der Waals surface area contributed by atoms with E-state index in [0.29, 0.717) is 16.3 Å². The molecule has 31 heavy (non-hydrogen) atoms. The summed E-state index contributed by atoms with van der Waals surface area (Å²) in [6.45, 7) is 0.251. The molecule has 0 saturated heterocycles. The number of halogens is 3. The van der Waals surface area contributed by atoms with Gasteiger partial charge in [0, 0.05) is 23.3 Å². The number of hydrogen-bond acceptors (Lipinski definition) is 2. The van der Waals surface area contributed by atoms with Gasteiger partial charge in [0.2, 0.25) is 0 Å². The Morgan fingerprint density at radius 1 is 0.806 bits per heavy atom. The van der Waals surface area contributed by atoms with Gasteiger partial charge in [-0.1, -0.05) is 35.9 Å². The Morgan fingerprint density at radius 2 is 1.42 bits per heavy atom. The lowest BCUT2D eigenvalue weighted by Crippen LogP contribution is -2.23. The Balaban J connectivity index is 1.41. The predicted molar refractivity (Wildman–Crippen MR) is 118 cm³/mol. The van der Waals surface area contributed by atoms with E-state index in [1.165, 1.54) is 30.5 Å². The molecule has 0 fully saturated rings. The smallest absolute Gasteiger partial charge is 0.253 e. The summed E-state index contributed by atoms with van der Waals surface area (Å²) < 4.78 is 26.2. The lowest BCUT2D eigenvalue weighted by Gasteiger charge is -2.10. The largest absolute Gasteiger partial charge is 0.348 e. The maximum Gasteiger partial charge on any atom is 0.253 e. The first kappa shape index (κ1) is 20.7. The lowest BCUT2D eigenvalue weighted by molar-refractivity contribution is 0.0950. The van der Waals surface area contributed by atoms with E-state index in [9.17, 15) is 13.6 Å². The van der Waals surface area contributed by atoms with Gasteiger partial charge in [-0.15, -0.1) is 0 Å². The Bertz CT molecular complexity index is 1210. The molecule has 1 heterocycles. The lowest BCUT2D eigenvalue weighted by atomic mass is 10.0. The van der Waals surface area contributed by atoms with Crippen LogP contribution in [0.2, 0.25) is 5.02 Å². The van der Waals surface area contributed by atoms with Gasteiger partial charge in [-0.05, 0) is 71.3 Å². The van der Waals surface area contributed by atoms with Gasteiger partial charge in [0.25, 0.3) is 5.91 Å². The highest BCUT2D eigenvalue weighted by molar-refractivity contribution is 6.31. The molecule has 6 heteroatoms. The molecule has 1 aromatic heterocycles. The van der Waals surface area contributed by atoms with Gasteiger partial charge in [0.1, 0.15) is 11.6 Å². The zero-order valence-corrected chi connectivity index (χ0v) is 17.0. The normalized spacial score (nSPS) is 10.7. The van der Waals surface area contributed by atoms with Crippen molar-refractivity contribution in [2.24, 2.45) is 0 Å². The number of rotatable bonds is 5. The number of hydrogen-bond donors (Lipinski definition) is 1. The molecule has 1 amide bonds. The number of benzene rings is 3. The van der Waals surface area contributed by atoms with E-state index in [1.807, 2.05) is 12.1 Å². The second-order valence-corrected chi connectivity index (χ2v) is 7.34. The highest BCUT2D eigenvalue weighted by Gasteiger charge is 2.09. The van der Waals surface area contributed by atoms with Crippen molar-refractivity contribution < 1.29 is 13.6 Å². The van der Waals surface area contributed by atoms with E-state index in [4.69, 9.17) is 11.6 Å². The zero-order valence-electron chi connectivity index (χ0n) is 16.3. The molecule has 3 aromatic carbocycles. The standard InChI is InChI=1S/C25H17ClF2N2O/c26-23-13-18(16-3-8-21(27)9-4-16)1-2-19(23)14-30-25(31)20-7-12-24(29-15-20)17-5-10-22(28)11-6-17/h1-13,15H,14H2,(H,30,31).